The Bertz CT molecular complexity index is 435. The molecule has 0 spiro atoms. The summed E-state index contributed by atoms with van der Waals surface area (Å²) in [6.07, 6.45) is 1.29. The van der Waals surface area contributed by atoms with Gasteiger partial charge in [-0.1, -0.05) is 0 Å². The van der Waals surface area contributed by atoms with E-state index in [0.29, 0.717) is 18.7 Å². The lowest BCUT2D eigenvalue weighted by atomic mass is 10.1. The lowest BCUT2D eigenvalue weighted by molar-refractivity contribution is -0.107. The van der Waals surface area contributed by atoms with Crippen molar-refractivity contribution >= 4 is 17.9 Å². The molecule has 1 aromatic rings. The molecule has 0 aliphatic carbocycles. The van der Waals surface area contributed by atoms with Gasteiger partial charge in [0.25, 0.3) is 5.91 Å². The molecule has 0 unspecified atom stereocenters. The molecule has 7 heteroatoms. The highest BCUT2D eigenvalue weighted by molar-refractivity contribution is 6.00. The van der Waals surface area contributed by atoms with E-state index >= 15 is 0 Å². The van der Waals surface area contributed by atoms with Gasteiger partial charge in [0.05, 0.1) is 12.8 Å². The monoisotopic (exact) mass is 269 g/mol. The van der Waals surface area contributed by atoms with Gasteiger partial charge in [-0.3, -0.25) is 4.79 Å². The van der Waals surface area contributed by atoms with Gasteiger partial charge in [-0.05, 0) is 18.7 Å². The second kappa shape index (κ2) is 8.76. The van der Waals surface area contributed by atoms with E-state index in [2.05, 4.69) is 5.32 Å². The first-order valence-corrected chi connectivity index (χ1v) is 5.54. The number of amides is 1. The zero-order valence-electron chi connectivity index (χ0n) is 11.0. The Balaban J connectivity index is 0.000000555. The molecule has 0 saturated carbocycles. The highest BCUT2D eigenvalue weighted by Gasteiger charge is 2.17. The van der Waals surface area contributed by atoms with Crippen molar-refractivity contribution in [2.75, 3.05) is 26.0 Å². The summed E-state index contributed by atoms with van der Waals surface area (Å²) in [4.78, 5) is 20.3. The molecule has 7 nitrogen and oxygen atoms in total. The number of phenols is 1. The van der Waals surface area contributed by atoms with Gasteiger partial charge in [0.1, 0.15) is 17.6 Å². The standard InChI is InChI=1S/C9H12N2O3.C3H7NO/c1-11-5-3-4-6(14-2)7(8(5)12)9(10)13;4-2-1-3-5/h3-4,11-12H,1-2H3,(H2,10,13);3H,1-2,4H2. The predicted molar refractivity (Wildman–Crippen MR) is 72.5 cm³/mol. The number of rotatable bonds is 5. The molecule has 0 bridgehead atoms. The Hall–Kier alpha value is -2.28. The van der Waals surface area contributed by atoms with E-state index in [4.69, 9.17) is 16.2 Å². The van der Waals surface area contributed by atoms with Crippen LogP contribution in [-0.2, 0) is 4.79 Å². The zero-order chi connectivity index (χ0) is 14.8. The minimum Gasteiger partial charge on any atom is -0.505 e. The van der Waals surface area contributed by atoms with Crippen molar-refractivity contribution in [2.24, 2.45) is 11.5 Å². The average molecular weight is 269 g/mol. The maximum atomic E-state index is 11.0. The predicted octanol–water partition coefficient (Wildman–Crippen LogP) is 0.0755. The number of methoxy groups -OCH3 is 1. The van der Waals surface area contributed by atoms with E-state index in [1.54, 1.807) is 19.2 Å². The summed E-state index contributed by atoms with van der Waals surface area (Å²) in [5.74, 6) is -0.662. The number of benzene rings is 1. The van der Waals surface area contributed by atoms with Crippen LogP contribution in [0.5, 0.6) is 11.5 Å². The van der Waals surface area contributed by atoms with Crippen LogP contribution in [0.3, 0.4) is 0 Å². The van der Waals surface area contributed by atoms with Crippen molar-refractivity contribution in [3.05, 3.63) is 17.7 Å². The molecule has 1 rings (SSSR count). The van der Waals surface area contributed by atoms with Crippen LogP contribution in [0.15, 0.2) is 12.1 Å². The minimum atomic E-state index is -0.726. The molecule has 0 heterocycles. The zero-order valence-corrected chi connectivity index (χ0v) is 11.0. The van der Waals surface area contributed by atoms with Crippen LogP contribution in [0, 0.1) is 0 Å². The lowest BCUT2D eigenvalue weighted by Crippen LogP contribution is -2.13. The Morgan fingerprint density at radius 1 is 1.53 bits per heavy atom. The van der Waals surface area contributed by atoms with Gasteiger partial charge in [0.15, 0.2) is 5.75 Å². The molecule has 0 radical (unpaired) electrons. The van der Waals surface area contributed by atoms with Gasteiger partial charge in [0, 0.05) is 13.5 Å². The molecule has 0 fully saturated rings. The fraction of sp³-hybridized carbons (Fsp3) is 0.333. The van der Waals surface area contributed by atoms with E-state index in [1.807, 2.05) is 0 Å². The number of hydrogen-bond acceptors (Lipinski definition) is 6. The van der Waals surface area contributed by atoms with Gasteiger partial charge in [-0.25, -0.2) is 0 Å². The third-order valence-electron chi connectivity index (χ3n) is 2.16. The van der Waals surface area contributed by atoms with Crippen LogP contribution in [0.2, 0.25) is 0 Å². The molecule has 1 aromatic carbocycles. The summed E-state index contributed by atoms with van der Waals surface area (Å²) < 4.78 is 4.90. The molecule has 19 heavy (non-hydrogen) atoms. The molecule has 0 saturated heterocycles. The third-order valence-corrected chi connectivity index (χ3v) is 2.16. The number of carbonyl (C=O) groups excluding carboxylic acids is 2. The van der Waals surface area contributed by atoms with Crippen LogP contribution in [0.25, 0.3) is 0 Å². The first-order valence-electron chi connectivity index (χ1n) is 5.54. The second-order valence-electron chi connectivity index (χ2n) is 3.40. The normalized spacial score (nSPS) is 9.00. The number of aromatic hydroxyl groups is 1. The maximum absolute atomic E-state index is 11.0. The molecule has 0 aromatic heterocycles. The van der Waals surface area contributed by atoms with E-state index in [1.165, 1.54) is 7.11 Å². The van der Waals surface area contributed by atoms with E-state index < -0.39 is 5.91 Å². The molecular formula is C12H19N3O4. The number of nitrogens with two attached hydrogens (primary N) is 2. The highest BCUT2D eigenvalue weighted by atomic mass is 16.5. The second-order valence-corrected chi connectivity index (χ2v) is 3.40. The van der Waals surface area contributed by atoms with Crippen molar-refractivity contribution in [2.45, 2.75) is 6.42 Å². The Morgan fingerprint density at radius 3 is 2.47 bits per heavy atom. The number of ether oxygens (including phenoxy) is 1. The maximum Gasteiger partial charge on any atom is 0.256 e. The summed E-state index contributed by atoms with van der Waals surface area (Å²) in [5, 5.41) is 12.4. The van der Waals surface area contributed by atoms with Crippen molar-refractivity contribution in [3.8, 4) is 11.5 Å². The molecule has 0 atom stereocenters. The number of nitrogens with one attached hydrogen (secondary N) is 1. The highest BCUT2D eigenvalue weighted by Crippen LogP contribution is 2.33. The van der Waals surface area contributed by atoms with Crippen LogP contribution >= 0.6 is 0 Å². The smallest absolute Gasteiger partial charge is 0.256 e. The van der Waals surface area contributed by atoms with Crippen LogP contribution in [0.1, 0.15) is 16.8 Å². The SMILES string of the molecule is CNc1ccc(OC)c(C(N)=O)c1O.NCCC=O. The first kappa shape index (κ1) is 16.7. The fourth-order valence-electron chi connectivity index (χ4n) is 1.25. The fourth-order valence-corrected chi connectivity index (χ4v) is 1.25. The summed E-state index contributed by atoms with van der Waals surface area (Å²) in [5.41, 5.74) is 10.4. The molecule has 1 amide bonds. The number of primary amides is 1. The van der Waals surface area contributed by atoms with Crippen molar-refractivity contribution < 1.29 is 19.4 Å². The largest absolute Gasteiger partial charge is 0.505 e. The van der Waals surface area contributed by atoms with E-state index in [-0.39, 0.29) is 17.1 Å². The summed E-state index contributed by atoms with van der Waals surface area (Å²) in [6.45, 7) is 0.476. The minimum absolute atomic E-state index is 0.0145. The summed E-state index contributed by atoms with van der Waals surface area (Å²) >= 11 is 0. The molecule has 6 N–H and O–H groups in total. The first-order chi connectivity index (χ1) is 9.03. The topological polar surface area (TPSA) is 128 Å². The Labute approximate surface area is 111 Å². The third kappa shape index (κ3) is 4.84. The Kier molecular flexibility index (Phi) is 7.71. The van der Waals surface area contributed by atoms with Gasteiger partial charge in [0.2, 0.25) is 0 Å². The van der Waals surface area contributed by atoms with Crippen LogP contribution in [0.4, 0.5) is 5.69 Å². The van der Waals surface area contributed by atoms with Gasteiger partial charge < -0.3 is 31.4 Å². The average Bonchev–Trinajstić information content (AvgIpc) is 2.39. The molecule has 0 aliphatic rings. The quantitative estimate of drug-likeness (QED) is 0.442. The summed E-state index contributed by atoms with van der Waals surface area (Å²) in [6, 6.07) is 3.16. The number of anilines is 1. The Morgan fingerprint density at radius 2 is 2.16 bits per heavy atom. The van der Waals surface area contributed by atoms with Crippen molar-refractivity contribution in [1.29, 1.82) is 0 Å². The van der Waals surface area contributed by atoms with Crippen molar-refractivity contribution in [1.82, 2.24) is 0 Å². The number of carbonyl (C=O) groups is 2. The van der Waals surface area contributed by atoms with Crippen LogP contribution < -0.4 is 21.5 Å². The molecular weight excluding hydrogens is 250 g/mol. The van der Waals surface area contributed by atoms with Gasteiger partial charge >= 0.3 is 0 Å². The van der Waals surface area contributed by atoms with Crippen LogP contribution in [-0.4, -0.2) is 38.0 Å². The van der Waals surface area contributed by atoms with Gasteiger partial charge in [-0.2, -0.15) is 0 Å². The molecule has 106 valence electrons. The van der Waals surface area contributed by atoms with E-state index in [9.17, 15) is 14.7 Å². The lowest BCUT2D eigenvalue weighted by Gasteiger charge is -2.10. The number of hydrogen-bond donors (Lipinski definition) is 4. The molecule has 0 aliphatic heterocycles. The van der Waals surface area contributed by atoms with E-state index in [0.717, 1.165) is 6.29 Å². The summed E-state index contributed by atoms with van der Waals surface area (Å²) in [7, 11) is 3.03. The van der Waals surface area contributed by atoms with Crippen molar-refractivity contribution in [3.63, 3.8) is 0 Å². The number of aldehydes is 1. The van der Waals surface area contributed by atoms with Gasteiger partial charge in [-0.15, -0.1) is 0 Å².